The number of halogens is 1. The molecule has 0 aliphatic heterocycles. The SMILES string of the molecule is C/C(CC(C)C)=N/Nc1ccc(Cl)nn1. The number of anilines is 1. The molecule has 1 aromatic rings. The van der Waals surface area contributed by atoms with Gasteiger partial charge in [-0.3, -0.25) is 5.43 Å². The van der Waals surface area contributed by atoms with E-state index in [9.17, 15) is 0 Å². The molecule has 0 saturated heterocycles. The fourth-order valence-electron chi connectivity index (χ4n) is 1.16. The third kappa shape index (κ3) is 4.74. The predicted octanol–water partition coefficient (Wildman–Crippen LogP) is 2.96. The Kier molecular flexibility index (Phi) is 4.49. The van der Waals surface area contributed by atoms with Gasteiger partial charge < -0.3 is 0 Å². The molecule has 0 aliphatic rings. The van der Waals surface area contributed by atoms with Gasteiger partial charge in [-0.1, -0.05) is 25.4 Å². The first-order valence-electron chi connectivity index (χ1n) is 4.86. The molecule has 1 N–H and O–H groups in total. The Morgan fingerprint density at radius 3 is 2.73 bits per heavy atom. The lowest BCUT2D eigenvalue weighted by atomic mass is 10.1. The molecule has 1 aromatic heterocycles. The monoisotopic (exact) mass is 226 g/mol. The van der Waals surface area contributed by atoms with Gasteiger partial charge in [0.15, 0.2) is 11.0 Å². The van der Waals surface area contributed by atoms with E-state index in [2.05, 4.69) is 34.6 Å². The van der Waals surface area contributed by atoms with Crippen LogP contribution in [0.4, 0.5) is 5.82 Å². The summed E-state index contributed by atoms with van der Waals surface area (Å²) in [6, 6.07) is 3.41. The van der Waals surface area contributed by atoms with Crippen LogP contribution in [-0.4, -0.2) is 15.9 Å². The molecule has 0 atom stereocenters. The van der Waals surface area contributed by atoms with Crippen LogP contribution in [0.1, 0.15) is 27.2 Å². The molecule has 0 aromatic carbocycles. The molecule has 0 bridgehead atoms. The summed E-state index contributed by atoms with van der Waals surface area (Å²) < 4.78 is 0. The molecule has 0 amide bonds. The van der Waals surface area contributed by atoms with Crippen molar-refractivity contribution >= 4 is 23.1 Å². The van der Waals surface area contributed by atoms with Gasteiger partial charge in [0.25, 0.3) is 0 Å². The number of rotatable bonds is 4. The van der Waals surface area contributed by atoms with Gasteiger partial charge in [0.1, 0.15) is 0 Å². The highest BCUT2D eigenvalue weighted by Crippen LogP contribution is 2.07. The molecule has 1 heterocycles. The lowest BCUT2D eigenvalue weighted by Gasteiger charge is -2.04. The molecule has 0 aliphatic carbocycles. The van der Waals surface area contributed by atoms with Gasteiger partial charge in [0.2, 0.25) is 0 Å². The maximum absolute atomic E-state index is 5.61. The van der Waals surface area contributed by atoms with Crippen molar-refractivity contribution in [1.82, 2.24) is 10.2 Å². The van der Waals surface area contributed by atoms with Crippen LogP contribution < -0.4 is 5.43 Å². The van der Waals surface area contributed by atoms with E-state index in [0.717, 1.165) is 12.1 Å². The van der Waals surface area contributed by atoms with Crippen LogP contribution in [0.15, 0.2) is 17.2 Å². The fourth-order valence-corrected chi connectivity index (χ4v) is 1.27. The van der Waals surface area contributed by atoms with Crippen LogP contribution in [0, 0.1) is 5.92 Å². The number of nitrogens with zero attached hydrogens (tertiary/aromatic N) is 3. The minimum atomic E-state index is 0.378. The van der Waals surface area contributed by atoms with Crippen molar-refractivity contribution in [3.63, 3.8) is 0 Å². The van der Waals surface area contributed by atoms with E-state index in [1.54, 1.807) is 12.1 Å². The topological polar surface area (TPSA) is 50.2 Å². The minimum Gasteiger partial charge on any atom is -0.260 e. The zero-order valence-corrected chi connectivity index (χ0v) is 9.91. The van der Waals surface area contributed by atoms with Crippen LogP contribution in [0.3, 0.4) is 0 Å². The molecule has 4 nitrogen and oxygen atoms in total. The molecule has 0 fully saturated rings. The van der Waals surface area contributed by atoms with Crippen LogP contribution in [0.2, 0.25) is 5.15 Å². The van der Waals surface area contributed by atoms with Crippen molar-refractivity contribution in [2.75, 3.05) is 5.43 Å². The first kappa shape index (κ1) is 11.9. The average Bonchev–Trinajstić information content (AvgIpc) is 2.16. The van der Waals surface area contributed by atoms with E-state index >= 15 is 0 Å². The molecule has 15 heavy (non-hydrogen) atoms. The second-order valence-corrected chi connectivity index (χ2v) is 4.19. The summed E-state index contributed by atoms with van der Waals surface area (Å²) in [5.74, 6) is 1.20. The molecule has 1 rings (SSSR count). The molecule has 0 unspecified atom stereocenters. The number of aromatic nitrogens is 2. The molecular formula is C10H15ClN4. The molecule has 82 valence electrons. The Hall–Kier alpha value is -1.16. The predicted molar refractivity (Wildman–Crippen MR) is 63.2 cm³/mol. The van der Waals surface area contributed by atoms with Crippen molar-refractivity contribution in [2.24, 2.45) is 11.0 Å². The highest BCUT2D eigenvalue weighted by molar-refractivity contribution is 6.29. The zero-order chi connectivity index (χ0) is 11.3. The molecular weight excluding hydrogens is 212 g/mol. The highest BCUT2D eigenvalue weighted by atomic mass is 35.5. The van der Waals surface area contributed by atoms with Crippen LogP contribution in [0.25, 0.3) is 0 Å². The molecule has 0 saturated carbocycles. The first-order chi connectivity index (χ1) is 7.08. The summed E-state index contributed by atoms with van der Waals surface area (Å²) in [6.45, 7) is 6.29. The standard InChI is InChI=1S/C10H15ClN4/c1-7(2)6-8(3)12-14-10-5-4-9(11)13-15-10/h4-5,7H,6H2,1-3H3,(H,14,15)/b12-8-. The third-order valence-electron chi connectivity index (χ3n) is 1.70. The summed E-state index contributed by atoms with van der Waals surface area (Å²) in [7, 11) is 0. The first-order valence-corrected chi connectivity index (χ1v) is 5.24. The van der Waals surface area contributed by atoms with Crippen LogP contribution in [0.5, 0.6) is 0 Å². The van der Waals surface area contributed by atoms with Gasteiger partial charge in [0.05, 0.1) is 0 Å². The molecule has 5 heteroatoms. The quantitative estimate of drug-likeness (QED) is 0.634. The van der Waals surface area contributed by atoms with Gasteiger partial charge in [-0.05, 0) is 31.4 Å². The summed E-state index contributed by atoms with van der Waals surface area (Å²) in [4.78, 5) is 0. The third-order valence-corrected chi connectivity index (χ3v) is 1.90. The zero-order valence-electron chi connectivity index (χ0n) is 9.16. The Morgan fingerprint density at radius 2 is 2.20 bits per heavy atom. The summed E-state index contributed by atoms with van der Waals surface area (Å²) in [5, 5.41) is 12.1. The largest absolute Gasteiger partial charge is 0.260 e. The smallest absolute Gasteiger partial charge is 0.168 e. The van der Waals surface area contributed by atoms with E-state index in [1.165, 1.54) is 0 Å². The number of hydrazone groups is 1. The van der Waals surface area contributed by atoms with Crippen molar-refractivity contribution < 1.29 is 0 Å². The molecule has 0 spiro atoms. The van der Waals surface area contributed by atoms with E-state index in [-0.39, 0.29) is 0 Å². The van der Waals surface area contributed by atoms with E-state index in [0.29, 0.717) is 16.9 Å². The molecule has 0 radical (unpaired) electrons. The number of nitrogens with one attached hydrogen (secondary N) is 1. The Morgan fingerprint density at radius 1 is 1.47 bits per heavy atom. The second kappa shape index (κ2) is 5.66. The minimum absolute atomic E-state index is 0.378. The summed E-state index contributed by atoms with van der Waals surface area (Å²) in [5.41, 5.74) is 3.88. The van der Waals surface area contributed by atoms with Crippen LogP contribution >= 0.6 is 11.6 Å². The van der Waals surface area contributed by atoms with Crippen LogP contribution in [-0.2, 0) is 0 Å². The fraction of sp³-hybridized carbons (Fsp3) is 0.500. The van der Waals surface area contributed by atoms with Gasteiger partial charge in [0, 0.05) is 5.71 Å². The summed E-state index contributed by atoms with van der Waals surface area (Å²) >= 11 is 5.61. The van der Waals surface area contributed by atoms with E-state index in [1.807, 2.05) is 6.92 Å². The van der Waals surface area contributed by atoms with Crippen molar-refractivity contribution in [2.45, 2.75) is 27.2 Å². The van der Waals surface area contributed by atoms with Crippen molar-refractivity contribution in [1.29, 1.82) is 0 Å². The van der Waals surface area contributed by atoms with E-state index < -0.39 is 0 Å². The number of hydrogen-bond acceptors (Lipinski definition) is 4. The summed E-state index contributed by atoms with van der Waals surface area (Å²) in [6.07, 6.45) is 0.966. The number of hydrogen-bond donors (Lipinski definition) is 1. The second-order valence-electron chi connectivity index (χ2n) is 3.80. The Bertz CT molecular complexity index is 332. The maximum Gasteiger partial charge on any atom is 0.168 e. The van der Waals surface area contributed by atoms with Gasteiger partial charge in [-0.2, -0.15) is 5.10 Å². The lowest BCUT2D eigenvalue weighted by Crippen LogP contribution is -2.02. The van der Waals surface area contributed by atoms with Gasteiger partial charge in [-0.25, -0.2) is 0 Å². The van der Waals surface area contributed by atoms with E-state index in [4.69, 9.17) is 11.6 Å². The van der Waals surface area contributed by atoms with Gasteiger partial charge >= 0.3 is 0 Å². The van der Waals surface area contributed by atoms with Crippen molar-refractivity contribution in [3.8, 4) is 0 Å². The normalized spacial score (nSPS) is 11.9. The maximum atomic E-state index is 5.61. The lowest BCUT2D eigenvalue weighted by molar-refractivity contribution is 0.681. The Balaban J connectivity index is 2.52. The highest BCUT2D eigenvalue weighted by Gasteiger charge is 1.98. The van der Waals surface area contributed by atoms with Crippen molar-refractivity contribution in [3.05, 3.63) is 17.3 Å². The Labute approximate surface area is 94.7 Å². The van der Waals surface area contributed by atoms with Gasteiger partial charge in [-0.15, -0.1) is 10.2 Å². The average molecular weight is 227 g/mol.